The van der Waals surface area contributed by atoms with Gasteiger partial charge in [0.15, 0.2) is 11.5 Å². The van der Waals surface area contributed by atoms with E-state index in [1.807, 2.05) is 18.2 Å². The van der Waals surface area contributed by atoms with Crippen molar-refractivity contribution in [3.8, 4) is 11.5 Å². The van der Waals surface area contributed by atoms with Crippen molar-refractivity contribution in [2.24, 2.45) is 5.92 Å². The Morgan fingerprint density at radius 3 is 2.90 bits per heavy atom. The molecule has 20 heavy (non-hydrogen) atoms. The van der Waals surface area contributed by atoms with Crippen molar-refractivity contribution >= 4 is 6.08 Å². The largest absolute Gasteiger partial charge is 0.454 e. The molecule has 0 aliphatic carbocycles. The average molecular weight is 276 g/mol. The Hall–Kier alpha value is -1.48. The van der Waals surface area contributed by atoms with Gasteiger partial charge in [0, 0.05) is 13.2 Å². The van der Waals surface area contributed by atoms with Gasteiger partial charge in [-0.2, -0.15) is 0 Å². The maximum absolute atomic E-state index is 5.59. The predicted molar refractivity (Wildman–Crippen MR) is 81.1 cm³/mol. The van der Waals surface area contributed by atoms with Crippen LogP contribution < -0.4 is 9.47 Å². The smallest absolute Gasteiger partial charge is 0.231 e. The van der Waals surface area contributed by atoms with Crippen LogP contribution in [0.4, 0.5) is 0 Å². The molecule has 0 fully saturated rings. The van der Waals surface area contributed by atoms with Crippen molar-refractivity contribution in [3.05, 3.63) is 29.8 Å². The van der Waals surface area contributed by atoms with Crippen molar-refractivity contribution in [1.82, 2.24) is 0 Å². The van der Waals surface area contributed by atoms with Crippen LogP contribution in [0.15, 0.2) is 24.3 Å². The summed E-state index contributed by atoms with van der Waals surface area (Å²) in [6, 6.07) is 6.01. The summed E-state index contributed by atoms with van der Waals surface area (Å²) in [6.45, 7) is 6.49. The summed E-state index contributed by atoms with van der Waals surface area (Å²) in [6.07, 6.45) is 7.56. The van der Waals surface area contributed by atoms with Gasteiger partial charge in [0.1, 0.15) is 0 Å². The molecule has 0 bridgehead atoms. The summed E-state index contributed by atoms with van der Waals surface area (Å²) in [7, 11) is 0. The first-order valence-electron chi connectivity index (χ1n) is 7.39. The van der Waals surface area contributed by atoms with Crippen molar-refractivity contribution < 1.29 is 14.2 Å². The molecule has 1 aromatic carbocycles. The second-order valence-corrected chi connectivity index (χ2v) is 5.45. The van der Waals surface area contributed by atoms with Crippen LogP contribution in [0.5, 0.6) is 11.5 Å². The van der Waals surface area contributed by atoms with Gasteiger partial charge in [0.2, 0.25) is 6.79 Å². The molecular weight excluding hydrogens is 252 g/mol. The summed E-state index contributed by atoms with van der Waals surface area (Å²) in [5, 5.41) is 0. The van der Waals surface area contributed by atoms with Gasteiger partial charge in [-0.3, -0.25) is 0 Å². The molecule has 110 valence electrons. The monoisotopic (exact) mass is 276 g/mol. The molecule has 3 nitrogen and oxygen atoms in total. The van der Waals surface area contributed by atoms with E-state index < -0.39 is 0 Å². The van der Waals surface area contributed by atoms with Crippen LogP contribution >= 0.6 is 0 Å². The summed E-state index contributed by atoms with van der Waals surface area (Å²) in [4.78, 5) is 0. The van der Waals surface area contributed by atoms with Crippen molar-refractivity contribution in [3.63, 3.8) is 0 Å². The molecule has 2 rings (SSSR count). The fourth-order valence-corrected chi connectivity index (χ4v) is 1.96. The van der Waals surface area contributed by atoms with Crippen LogP contribution in [0, 0.1) is 5.92 Å². The maximum Gasteiger partial charge on any atom is 0.231 e. The second kappa shape index (κ2) is 7.95. The average Bonchev–Trinajstić information content (AvgIpc) is 2.89. The highest BCUT2D eigenvalue weighted by Crippen LogP contribution is 2.32. The quantitative estimate of drug-likeness (QED) is 0.664. The normalized spacial score (nSPS) is 13.6. The second-order valence-electron chi connectivity index (χ2n) is 5.45. The number of allylic oxidation sites excluding steroid dienone is 1. The summed E-state index contributed by atoms with van der Waals surface area (Å²) >= 11 is 0. The van der Waals surface area contributed by atoms with Gasteiger partial charge < -0.3 is 14.2 Å². The minimum absolute atomic E-state index is 0.330. The minimum Gasteiger partial charge on any atom is -0.454 e. The molecule has 1 aromatic rings. The predicted octanol–water partition coefficient (Wildman–Crippen LogP) is 4.27. The lowest BCUT2D eigenvalue weighted by atomic mass is 10.1. The van der Waals surface area contributed by atoms with E-state index in [0.29, 0.717) is 6.79 Å². The van der Waals surface area contributed by atoms with E-state index in [2.05, 4.69) is 26.0 Å². The van der Waals surface area contributed by atoms with E-state index in [-0.39, 0.29) is 0 Å². The van der Waals surface area contributed by atoms with Crippen LogP contribution in [0.2, 0.25) is 0 Å². The third-order valence-corrected chi connectivity index (χ3v) is 3.21. The number of ether oxygens (including phenoxy) is 3. The number of rotatable bonds is 8. The van der Waals surface area contributed by atoms with Crippen LogP contribution in [0.25, 0.3) is 6.08 Å². The molecule has 1 aliphatic heterocycles. The molecule has 0 saturated heterocycles. The molecule has 0 amide bonds. The highest BCUT2D eigenvalue weighted by atomic mass is 16.7. The highest BCUT2D eigenvalue weighted by Gasteiger charge is 2.11. The topological polar surface area (TPSA) is 27.7 Å². The Morgan fingerprint density at radius 1 is 1.20 bits per heavy atom. The zero-order valence-corrected chi connectivity index (χ0v) is 12.4. The molecule has 0 saturated carbocycles. The molecule has 0 aromatic heterocycles. The molecule has 1 aliphatic rings. The SMILES string of the molecule is CC(C)CCOCCCC=Cc1ccc2c(c1)OCO2. The molecule has 0 unspecified atom stereocenters. The van der Waals surface area contributed by atoms with E-state index in [1.54, 1.807) is 0 Å². The Balaban J connectivity index is 1.62. The third-order valence-electron chi connectivity index (χ3n) is 3.21. The lowest BCUT2D eigenvalue weighted by molar-refractivity contribution is 0.122. The molecule has 0 spiro atoms. The number of fused-ring (bicyclic) bond motifs is 1. The van der Waals surface area contributed by atoms with Gasteiger partial charge in [-0.25, -0.2) is 0 Å². The van der Waals surface area contributed by atoms with Gasteiger partial charge >= 0.3 is 0 Å². The van der Waals surface area contributed by atoms with Gasteiger partial charge in [-0.05, 0) is 42.9 Å². The van der Waals surface area contributed by atoms with Crippen LogP contribution in [0.1, 0.15) is 38.7 Å². The standard InChI is InChI=1S/C17H24O3/c1-14(2)9-11-18-10-5-3-4-6-15-7-8-16-17(12-15)20-13-19-16/h4,6-8,12,14H,3,5,9-11,13H2,1-2H3. The van der Waals surface area contributed by atoms with Crippen molar-refractivity contribution in [1.29, 1.82) is 0 Å². The van der Waals surface area contributed by atoms with Crippen LogP contribution in [-0.2, 0) is 4.74 Å². The van der Waals surface area contributed by atoms with E-state index in [4.69, 9.17) is 14.2 Å². The Bertz CT molecular complexity index is 438. The first-order valence-corrected chi connectivity index (χ1v) is 7.39. The van der Waals surface area contributed by atoms with E-state index >= 15 is 0 Å². The number of hydrogen-bond acceptors (Lipinski definition) is 3. The zero-order chi connectivity index (χ0) is 14.2. The number of unbranched alkanes of at least 4 members (excludes halogenated alkanes) is 1. The molecule has 0 atom stereocenters. The van der Waals surface area contributed by atoms with Gasteiger partial charge in [0.25, 0.3) is 0 Å². The highest BCUT2D eigenvalue weighted by molar-refractivity contribution is 5.56. The first-order chi connectivity index (χ1) is 9.75. The van der Waals surface area contributed by atoms with Gasteiger partial charge in [0.05, 0.1) is 0 Å². The van der Waals surface area contributed by atoms with Crippen molar-refractivity contribution in [2.75, 3.05) is 20.0 Å². The fourth-order valence-electron chi connectivity index (χ4n) is 1.96. The van der Waals surface area contributed by atoms with Gasteiger partial charge in [-0.15, -0.1) is 0 Å². The Morgan fingerprint density at radius 2 is 2.05 bits per heavy atom. The van der Waals surface area contributed by atoms with E-state index in [0.717, 1.165) is 55.5 Å². The molecule has 3 heteroatoms. The molecular formula is C17H24O3. The zero-order valence-electron chi connectivity index (χ0n) is 12.4. The number of hydrogen-bond donors (Lipinski definition) is 0. The Labute approximate surface area is 121 Å². The lowest BCUT2D eigenvalue weighted by Gasteiger charge is -2.05. The van der Waals surface area contributed by atoms with Gasteiger partial charge in [-0.1, -0.05) is 32.1 Å². The third kappa shape index (κ3) is 4.89. The summed E-state index contributed by atoms with van der Waals surface area (Å²) in [5.74, 6) is 2.39. The lowest BCUT2D eigenvalue weighted by Crippen LogP contribution is -2.00. The summed E-state index contributed by atoms with van der Waals surface area (Å²) < 4.78 is 16.2. The maximum atomic E-state index is 5.59. The summed E-state index contributed by atoms with van der Waals surface area (Å²) in [5.41, 5.74) is 1.15. The fraction of sp³-hybridized carbons (Fsp3) is 0.529. The van der Waals surface area contributed by atoms with E-state index in [9.17, 15) is 0 Å². The molecule has 0 radical (unpaired) electrons. The first kappa shape index (κ1) is 14.9. The number of benzene rings is 1. The molecule has 1 heterocycles. The Kier molecular flexibility index (Phi) is 5.93. The van der Waals surface area contributed by atoms with Crippen molar-refractivity contribution in [2.45, 2.75) is 33.1 Å². The minimum atomic E-state index is 0.330. The van der Waals surface area contributed by atoms with Crippen LogP contribution in [-0.4, -0.2) is 20.0 Å². The van der Waals surface area contributed by atoms with Crippen LogP contribution in [0.3, 0.4) is 0 Å². The molecule has 0 N–H and O–H groups in total. The van der Waals surface area contributed by atoms with E-state index in [1.165, 1.54) is 0 Å².